The highest BCUT2D eigenvalue weighted by atomic mass is 35.5. The maximum atomic E-state index is 13.4. The fourth-order valence-electron chi connectivity index (χ4n) is 5.50. The van der Waals surface area contributed by atoms with Crippen LogP contribution in [0.3, 0.4) is 0 Å². The van der Waals surface area contributed by atoms with Crippen LogP contribution in [0.4, 0.5) is 9.18 Å². The number of hydrogen-bond donors (Lipinski definition) is 2. The Balaban J connectivity index is 1.84. The fraction of sp³-hybridized carbons (Fsp3) is 0.630. The van der Waals surface area contributed by atoms with Crippen molar-refractivity contribution in [2.45, 2.75) is 75.3 Å². The fourth-order valence-corrected chi connectivity index (χ4v) is 7.60. The maximum Gasteiger partial charge on any atom is 0.414 e. The van der Waals surface area contributed by atoms with Gasteiger partial charge in [0.2, 0.25) is 5.91 Å². The van der Waals surface area contributed by atoms with Crippen molar-refractivity contribution in [3.05, 3.63) is 47.3 Å². The summed E-state index contributed by atoms with van der Waals surface area (Å²) in [5, 5.41) is 14.3. The molecule has 1 aromatic carbocycles. The first kappa shape index (κ1) is 29.9. The van der Waals surface area contributed by atoms with Crippen LogP contribution in [-0.2, 0) is 35.7 Å². The van der Waals surface area contributed by atoms with Gasteiger partial charge in [-0.1, -0.05) is 23.8 Å². The number of nitrogens with one attached hydrogen (secondary N) is 1. The Bertz CT molecular complexity index is 990. The quantitative estimate of drug-likeness (QED) is 0.194. The number of ether oxygens (including phenoxy) is 3. The second-order valence-corrected chi connectivity index (χ2v) is 12.9. The minimum atomic E-state index is -1.14. The number of imide groups is 1. The first-order valence-corrected chi connectivity index (χ1v) is 14.9. The van der Waals surface area contributed by atoms with E-state index in [0.717, 1.165) is 5.56 Å². The molecule has 1 heterocycles. The Labute approximate surface area is 226 Å². The molecule has 2 fully saturated rings. The first-order chi connectivity index (χ1) is 17.4. The number of aliphatic hydroxyl groups is 1. The molecule has 2 amide bonds. The number of halogens is 2. The summed E-state index contributed by atoms with van der Waals surface area (Å²) in [4.78, 5) is 23.9. The van der Waals surface area contributed by atoms with Crippen molar-refractivity contribution in [2.24, 2.45) is 5.92 Å². The molecule has 0 radical (unpaired) electrons. The summed E-state index contributed by atoms with van der Waals surface area (Å²) in [6, 6.07) is 6.43. The number of epoxide rings is 1. The average molecular weight is 559 g/mol. The van der Waals surface area contributed by atoms with Gasteiger partial charge in [-0.05, 0) is 63.1 Å². The van der Waals surface area contributed by atoms with Crippen molar-refractivity contribution in [1.82, 2.24) is 5.32 Å². The van der Waals surface area contributed by atoms with Crippen LogP contribution < -0.4 is 5.32 Å². The van der Waals surface area contributed by atoms with Gasteiger partial charge in [-0.25, -0.2) is 9.18 Å². The molecule has 7 atom stereocenters. The van der Waals surface area contributed by atoms with E-state index in [2.05, 4.69) is 17.6 Å². The number of allylic oxidation sites excluding steroid dienone is 1. The molecule has 1 unspecified atom stereocenters. The minimum Gasteiger partial charge on any atom is -0.443 e. The minimum absolute atomic E-state index is 0.113. The van der Waals surface area contributed by atoms with Crippen molar-refractivity contribution in [2.75, 3.05) is 25.0 Å². The van der Waals surface area contributed by atoms with Crippen molar-refractivity contribution < 1.29 is 33.3 Å². The Morgan fingerprint density at radius 2 is 2.00 bits per heavy atom. The summed E-state index contributed by atoms with van der Waals surface area (Å²) in [5.74, 6) is -0.585. The molecule has 0 spiro atoms. The van der Waals surface area contributed by atoms with Gasteiger partial charge >= 0.3 is 6.09 Å². The van der Waals surface area contributed by atoms with Gasteiger partial charge in [0, 0.05) is 12.7 Å². The summed E-state index contributed by atoms with van der Waals surface area (Å²) in [7, 11) is 1.29. The summed E-state index contributed by atoms with van der Waals surface area (Å²) >= 11 is 5.49. The van der Waals surface area contributed by atoms with Gasteiger partial charge < -0.3 is 19.3 Å². The monoisotopic (exact) mass is 558 g/mol. The summed E-state index contributed by atoms with van der Waals surface area (Å²) in [6.45, 7) is 6.03. The van der Waals surface area contributed by atoms with Crippen LogP contribution in [0, 0.1) is 11.7 Å². The van der Waals surface area contributed by atoms with Crippen LogP contribution in [0.5, 0.6) is 0 Å². The third-order valence-electron chi connectivity index (χ3n) is 7.19. The molecule has 2 aliphatic rings. The van der Waals surface area contributed by atoms with Crippen molar-refractivity contribution >= 4 is 34.5 Å². The van der Waals surface area contributed by atoms with Gasteiger partial charge in [0.05, 0.1) is 18.3 Å². The van der Waals surface area contributed by atoms with Crippen molar-refractivity contribution in [3.63, 3.8) is 0 Å². The second kappa shape index (κ2) is 12.5. The van der Waals surface area contributed by atoms with E-state index in [1.807, 2.05) is 20.8 Å². The van der Waals surface area contributed by atoms with Gasteiger partial charge in [0.1, 0.15) is 46.6 Å². The molecule has 1 aliphatic carbocycles. The number of alkyl carbamates (subject to hydrolysis) is 1. The molecule has 1 aliphatic heterocycles. The Hall–Kier alpha value is -1.65. The van der Waals surface area contributed by atoms with Crippen LogP contribution in [0.25, 0.3) is 0 Å². The Kier molecular flexibility index (Phi) is 10.1. The predicted octanol–water partition coefficient (Wildman–Crippen LogP) is 4.10. The predicted molar refractivity (Wildman–Crippen MR) is 143 cm³/mol. The first-order valence-electron chi connectivity index (χ1n) is 12.4. The van der Waals surface area contributed by atoms with Crippen LogP contribution in [0.2, 0.25) is 0 Å². The molecule has 0 bridgehead atoms. The van der Waals surface area contributed by atoms with Gasteiger partial charge in [0.25, 0.3) is 0 Å². The van der Waals surface area contributed by atoms with E-state index in [9.17, 15) is 19.1 Å². The molecule has 7 nitrogen and oxygen atoms in total. The number of rotatable bonds is 10. The van der Waals surface area contributed by atoms with Crippen LogP contribution in [-0.4, -0.2) is 71.6 Å². The highest BCUT2D eigenvalue weighted by Gasteiger charge is 2.68. The number of alkyl halides is 1. The molecule has 0 aromatic heterocycles. The molecule has 3 rings (SSSR count). The molecule has 2 N–H and O–H groups in total. The van der Waals surface area contributed by atoms with E-state index >= 15 is 0 Å². The molecule has 1 saturated heterocycles. The highest BCUT2D eigenvalue weighted by Crippen LogP contribution is 2.55. The SMILES string of the molecule is CO[C@H]1[C@@H]([C@@]2(C)O[C@@H]2CC=C(C)C)[C@@](O)(C[S+](C)Cc2ccc(F)cc2)CC[C@H]1OC(=O)NC(=O)CCl. The van der Waals surface area contributed by atoms with E-state index in [-0.39, 0.29) is 28.7 Å². The Morgan fingerprint density at radius 3 is 2.59 bits per heavy atom. The summed E-state index contributed by atoms with van der Waals surface area (Å²) in [5.41, 5.74) is 0.348. The molecule has 1 aromatic rings. The third-order valence-corrected chi connectivity index (χ3v) is 9.25. The largest absolute Gasteiger partial charge is 0.443 e. The normalized spacial score (nSPS) is 31.8. The number of methoxy groups -OCH3 is 1. The Morgan fingerprint density at radius 1 is 1.32 bits per heavy atom. The molecule has 1 saturated carbocycles. The second-order valence-electron chi connectivity index (χ2n) is 10.4. The lowest BCUT2D eigenvalue weighted by Gasteiger charge is -2.48. The molecule has 37 heavy (non-hydrogen) atoms. The molecule has 206 valence electrons. The van der Waals surface area contributed by atoms with E-state index in [4.69, 9.17) is 25.8 Å². The molecule has 10 heteroatoms. The van der Waals surface area contributed by atoms with Crippen LogP contribution in [0.15, 0.2) is 35.9 Å². The average Bonchev–Trinajstić information content (AvgIpc) is 3.49. The molecular weight excluding hydrogens is 521 g/mol. The van der Waals surface area contributed by atoms with E-state index < -0.39 is 41.3 Å². The topological polar surface area (TPSA) is 97.4 Å². The summed E-state index contributed by atoms with van der Waals surface area (Å²) in [6.07, 6.45) is 3.28. The zero-order valence-electron chi connectivity index (χ0n) is 22.1. The van der Waals surface area contributed by atoms with Gasteiger partial charge in [-0.15, -0.1) is 11.6 Å². The van der Waals surface area contributed by atoms with Crippen LogP contribution in [0.1, 0.15) is 45.6 Å². The number of carbonyl (C=O) groups is 2. The smallest absolute Gasteiger partial charge is 0.414 e. The number of hydrogen-bond acceptors (Lipinski definition) is 6. The van der Waals surface area contributed by atoms with Gasteiger partial charge in [-0.2, -0.15) is 0 Å². The zero-order valence-corrected chi connectivity index (χ0v) is 23.7. The lowest BCUT2D eigenvalue weighted by atomic mass is 9.66. The number of benzene rings is 1. The van der Waals surface area contributed by atoms with Crippen molar-refractivity contribution in [3.8, 4) is 0 Å². The van der Waals surface area contributed by atoms with Crippen LogP contribution >= 0.6 is 11.6 Å². The number of amides is 2. The lowest BCUT2D eigenvalue weighted by Crippen LogP contribution is -2.63. The zero-order chi connectivity index (χ0) is 27.4. The highest BCUT2D eigenvalue weighted by molar-refractivity contribution is 7.95. The van der Waals surface area contributed by atoms with Crippen molar-refractivity contribution in [1.29, 1.82) is 0 Å². The van der Waals surface area contributed by atoms with Gasteiger partial charge in [-0.3, -0.25) is 10.1 Å². The van der Waals surface area contributed by atoms with E-state index in [1.165, 1.54) is 24.8 Å². The maximum absolute atomic E-state index is 13.4. The van der Waals surface area contributed by atoms with E-state index in [0.29, 0.717) is 30.8 Å². The lowest BCUT2D eigenvalue weighted by molar-refractivity contribution is -0.170. The number of carbonyl (C=O) groups excluding carboxylic acids is 2. The van der Waals surface area contributed by atoms with E-state index in [1.54, 1.807) is 12.1 Å². The summed E-state index contributed by atoms with van der Waals surface area (Å²) < 4.78 is 31.1. The third kappa shape index (κ3) is 7.47. The van der Waals surface area contributed by atoms with Gasteiger partial charge in [0.15, 0.2) is 0 Å². The standard InChI is InChI=1S/C27H37ClFNO6S/c1-17(2)6-11-21-26(3,36-21)24-23(34-4)20(35-25(32)30-22(31)14-28)12-13-27(24,33)16-37(5)15-18-7-9-19(29)10-8-18/h6-10,20-21,23-24,33H,11-16H2,1-5H3/p+1/t20-,21-,23-,24+,26+,27+,37?/m1/s1. The molecular formula is C27H38ClFNO6S+.